The maximum atomic E-state index is 4.64. The van der Waals surface area contributed by atoms with Crippen molar-refractivity contribution in [3.05, 3.63) is 0 Å². The van der Waals surface area contributed by atoms with Crippen LogP contribution >= 0.6 is 0 Å². The van der Waals surface area contributed by atoms with Crippen molar-refractivity contribution in [1.82, 2.24) is 0 Å². The van der Waals surface area contributed by atoms with E-state index in [0.717, 1.165) is 10.1 Å². The molecule has 0 unspecified atom stereocenters. The molecule has 0 aromatic heterocycles. The molecule has 69 valence electrons. The molecule has 9 heteroatoms. The van der Waals surface area contributed by atoms with Crippen LogP contribution in [0.3, 0.4) is 0 Å². The standard InChI is InChI=1S/Ag.Au.BH3Si.Cu.Fe.In.Ni.Zn.3H/c;;1-2;;;;;;;;/h;;2H3;;;;;;;;. The molecule has 0 heterocycles. The van der Waals surface area contributed by atoms with E-state index >= 15 is 0 Å². The first-order valence-electron chi connectivity index (χ1n) is 0.577. The van der Waals surface area contributed by atoms with Gasteiger partial charge in [-0.25, -0.2) is 0 Å². The number of rotatable bonds is 0. The van der Waals surface area contributed by atoms with Crippen molar-refractivity contribution in [3.63, 3.8) is 0 Å². The summed E-state index contributed by atoms with van der Waals surface area (Å²) in [6.45, 7) is 0. The molecule has 0 aromatic rings. The van der Waals surface area contributed by atoms with Crippen LogP contribution in [-0.2, 0) is 115 Å². The molecule has 0 saturated heterocycles. The van der Waals surface area contributed by atoms with Crippen molar-refractivity contribution in [2.24, 2.45) is 0 Å². The molecule has 0 nitrogen and oxygen atoms in total. The second-order valence-electron chi connectivity index (χ2n) is 0. The first-order valence-corrected chi connectivity index (χ1v) is 1.73. The fraction of sp³-hybridized carbons (Fsp3) is 0. The van der Waals surface area contributed by atoms with Crippen LogP contribution in [0.25, 0.3) is 0 Å². The molecule has 0 aliphatic carbocycles. The van der Waals surface area contributed by atoms with Crippen LogP contribution in [0.15, 0.2) is 0 Å². The SMILES string of the molecule is [Ag].[Au].[B][SiH3].[Cu].[Fe].[InH3].[Ni].[Zn]. The van der Waals surface area contributed by atoms with Crippen molar-refractivity contribution in [2.45, 2.75) is 0 Å². The Labute approximate surface area is 155 Å². The second kappa shape index (κ2) is 77.5. The summed E-state index contributed by atoms with van der Waals surface area (Å²) >= 11 is 0. The fourth-order valence-electron chi connectivity index (χ4n) is 0. The predicted molar refractivity (Wildman–Crippen MR) is 25.6 cm³/mol. The molecule has 0 spiro atoms. The number of hydrogen-bond donors (Lipinski definition) is 0. The summed E-state index contributed by atoms with van der Waals surface area (Å²) in [5, 5.41) is 0. The topological polar surface area (TPSA) is 0 Å². The largest absolute Gasteiger partial charge is 0 e. The van der Waals surface area contributed by atoms with Crippen molar-refractivity contribution >= 4 is 43.4 Å². The van der Waals surface area contributed by atoms with Crippen LogP contribution < -0.4 is 0 Å². The van der Waals surface area contributed by atoms with Gasteiger partial charge in [0, 0.05) is 122 Å². The van der Waals surface area contributed by atoms with Crippen molar-refractivity contribution in [2.75, 3.05) is 0 Å². The Morgan fingerprint density at radius 2 is 1.11 bits per heavy atom. The van der Waals surface area contributed by atoms with E-state index in [4.69, 9.17) is 0 Å². The minimum Gasteiger partial charge on any atom is 0 e. The van der Waals surface area contributed by atoms with Crippen LogP contribution in [-0.4, -0.2) is 43.4 Å². The van der Waals surface area contributed by atoms with E-state index < -0.39 is 0 Å². The van der Waals surface area contributed by atoms with E-state index in [1.54, 1.807) is 0 Å². The van der Waals surface area contributed by atoms with Crippen LogP contribution in [0, 0.1) is 0 Å². The average Bonchev–Trinajstić information content (AvgIpc) is 1.00. The Morgan fingerprint density at radius 3 is 1.11 bits per heavy atom. The van der Waals surface area contributed by atoms with Gasteiger partial charge in [-0.15, -0.1) is 0 Å². The van der Waals surface area contributed by atoms with Crippen molar-refractivity contribution < 1.29 is 115 Å². The smallest absolute Gasteiger partial charge is 0 e. The minimum absolute atomic E-state index is 0. The zero-order valence-corrected chi connectivity index (χ0v) is 15.5. The summed E-state index contributed by atoms with van der Waals surface area (Å²) in [6.07, 6.45) is 0. The molecule has 0 bridgehead atoms. The molecule has 0 aliphatic heterocycles. The van der Waals surface area contributed by atoms with E-state index in [1.165, 1.54) is 0 Å². The van der Waals surface area contributed by atoms with Crippen molar-refractivity contribution in [1.29, 1.82) is 0 Å². The molecule has 0 saturated carbocycles. The maximum absolute atomic E-state index is 4.64. The minimum atomic E-state index is 0. The molecule has 5 radical (unpaired) electrons. The maximum Gasteiger partial charge on any atom is 0 e. The molecular formula is H6AgAuBCuFeInNiSiZn. The summed E-state index contributed by atoms with van der Waals surface area (Å²) in [6, 6.07) is 0. The van der Waals surface area contributed by atoms with Gasteiger partial charge in [-0.1, -0.05) is 0 Å². The fourth-order valence-corrected chi connectivity index (χ4v) is 0. The summed E-state index contributed by atoms with van der Waals surface area (Å²) in [5.41, 5.74) is 0. The predicted octanol–water partition coefficient (Wildman–Crippen LogP) is -2.76. The van der Waals surface area contributed by atoms with Crippen molar-refractivity contribution in [3.8, 4) is 0 Å². The second-order valence-corrected chi connectivity index (χ2v) is 0. The van der Waals surface area contributed by atoms with Crippen LogP contribution in [0.5, 0.6) is 0 Å². The normalized spacial score (nSPS) is 0.889. The third-order valence-electron chi connectivity index (χ3n) is 0. The quantitative estimate of drug-likeness (QED) is 0.240. The Morgan fingerprint density at radius 1 is 1.11 bits per heavy atom. The van der Waals surface area contributed by atoms with Gasteiger partial charge in [-0.3, -0.25) is 0 Å². The third kappa shape index (κ3) is 64.9. The monoisotopic (exact) mass is 705 g/mol. The Balaban J connectivity index is -0.000000000238. The Kier molecular flexibility index (Phi) is 580. The van der Waals surface area contributed by atoms with E-state index in [9.17, 15) is 0 Å². The van der Waals surface area contributed by atoms with Crippen LogP contribution in [0.2, 0.25) is 0 Å². The summed E-state index contributed by atoms with van der Waals surface area (Å²) in [7, 11) is 5.44. The molecule has 0 rings (SSSR count). The Bertz CT molecular complexity index is 28.5. The van der Waals surface area contributed by atoms with E-state index in [-0.39, 0.29) is 141 Å². The molecular weight excluding hydrogens is 702 g/mol. The van der Waals surface area contributed by atoms with Gasteiger partial charge in [-0.2, -0.15) is 0 Å². The van der Waals surface area contributed by atoms with Gasteiger partial charge < -0.3 is 0 Å². The summed E-state index contributed by atoms with van der Waals surface area (Å²) < 4.78 is 0. The average molecular weight is 708 g/mol. The van der Waals surface area contributed by atoms with Gasteiger partial charge in [0.15, 0.2) is 0 Å². The first kappa shape index (κ1) is 67.3. The van der Waals surface area contributed by atoms with Gasteiger partial charge in [0.2, 0.25) is 0 Å². The van der Waals surface area contributed by atoms with Crippen LogP contribution in [0.4, 0.5) is 0 Å². The van der Waals surface area contributed by atoms with E-state index in [1.807, 2.05) is 0 Å². The Hall–Kier alpha value is 4.79. The van der Waals surface area contributed by atoms with Crippen LogP contribution in [0.1, 0.15) is 0 Å². The van der Waals surface area contributed by atoms with Gasteiger partial charge >= 0.3 is 25.8 Å². The first-order chi connectivity index (χ1) is 1.00. The van der Waals surface area contributed by atoms with Gasteiger partial charge in [0.05, 0.1) is 0 Å². The van der Waals surface area contributed by atoms with E-state index in [0.29, 0.717) is 0 Å². The number of hydrogen-bond acceptors (Lipinski definition) is 0. The van der Waals surface area contributed by atoms with Gasteiger partial charge in [0.1, 0.15) is 0 Å². The van der Waals surface area contributed by atoms with Gasteiger partial charge in [-0.05, 0) is 10.1 Å². The van der Waals surface area contributed by atoms with E-state index in [2.05, 4.69) is 7.44 Å². The molecule has 0 atom stereocenters. The molecule has 9 heavy (non-hydrogen) atoms. The summed E-state index contributed by atoms with van der Waals surface area (Å²) in [5.74, 6) is 0. The molecule has 0 aliphatic rings. The molecule has 0 amide bonds. The van der Waals surface area contributed by atoms with Gasteiger partial charge in [0.25, 0.3) is 0 Å². The third-order valence-corrected chi connectivity index (χ3v) is 0. The zero-order valence-electron chi connectivity index (χ0n) is 3.86. The molecule has 0 fully saturated rings. The molecule has 0 aromatic carbocycles. The zero-order chi connectivity index (χ0) is 2.00. The molecule has 0 N–H and O–H groups in total. The summed E-state index contributed by atoms with van der Waals surface area (Å²) in [4.78, 5) is 0.